The van der Waals surface area contributed by atoms with E-state index in [0.29, 0.717) is 42.4 Å². The van der Waals surface area contributed by atoms with E-state index < -0.39 is 6.61 Å². The third-order valence-corrected chi connectivity index (χ3v) is 7.61. The molecule has 10 heteroatoms. The molecule has 0 spiro atoms. The average Bonchev–Trinajstić information content (AvgIpc) is 3.46. The Balaban J connectivity index is 1.13. The molecule has 1 aromatic carbocycles. The lowest BCUT2D eigenvalue weighted by molar-refractivity contribution is -0.135. The van der Waals surface area contributed by atoms with E-state index in [9.17, 15) is 9.18 Å². The topological polar surface area (TPSA) is 101 Å². The molecule has 34 heavy (non-hydrogen) atoms. The van der Waals surface area contributed by atoms with Gasteiger partial charge in [0.05, 0.1) is 5.69 Å². The number of rotatable bonds is 5. The molecular formula is C24H29FN6O3. The number of aromatic nitrogens is 4. The molecule has 0 radical (unpaired) electrons. The second kappa shape index (κ2) is 8.74. The number of aliphatic hydroxyl groups is 1. The molecule has 0 atom stereocenters. The van der Waals surface area contributed by atoms with Gasteiger partial charge in [-0.1, -0.05) is 12.1 Å². The summed E-state index contributed by atoms with van der Waals surface area (Å²) in [6.45, 7) is 2.87. The van der Waals surface area contributed by atoms with Gasteiger partial charge in [-0.05, 0) is 62.8 Å². The second-order valence-electron chi connectivity index (χ2n) is 9.72. The summed E-state index contributed by atoms with van der Waals surface area (Å²) in [6, 6.07) is 5.54. The van der Waals surface area contributed by atoms with Gasteiger partial charge >= 0.3 is 0 Å². The number of likely N-dealkylation sites (tertiary alicyclic amines) is 2. The summed E-state index contributed by atoms with van der Waals surface area (Å²) in [5.74, 6) is 0.922. The molecule has 4 heterocycles. The summed E-state index contributed by atoms with van der Waals surface area (Å²) < 4.78 is 21.9. The van der Waals surface area contributed by atoms with Crippen LogP contribution in [0.4, 0.5) is 4.39 Å². The Morgan fingerprint density at radius 2 is 1.82 bits per heavy atom. The minimum Gasteiger partial charge on any atom is -0.387 e. The number of aliphatic hydroxyl groups excluding tert-OH is 1. The Bertz CT molecular complexity index is 1190. The highest BCUT2D eigenvalue weighted by atomic mass is 19.1. The van der Waals surface area contributed by atoms with Crippen LogP contribution in [0.25, 0.3) is 16.9 Å². The maximum Gasteiger partial charge on any atom is 0.291 e. The lowest BCUT2D eigenvalue weighted by atomic mass is 9.93. The highest BCUT2D eigenvalue weighted by Gasteiger charge is 2.33. The third kappa shape index (κ3) is 3.88. The molecule has 1 N–H and O–H groups in total. The lowest BCUT2D eigenvalue weighted by Gasteiger charge is -2.41. The van der Waals surface area contributed by atoms with Gasteiger partial charge in [0, 0.05) is 36.4 Å². The Hall–Kier alpha value is -2.85. The van der Waals surface area contributed by atoms with Gasteiger partial charge in [0.25, 0.3) is 5.95 Å². The first-order valence-corrected chi connectivity index (χ1v) is 12.3. The molecular weight excluding hydrogens is 439 g/mol. The van der Waals surface area contributed by atoms with Crippen molar-refractivity contribution >= 4 is 16.8 Å². The van der Waals surface area contributed by atoms with Crippen molar-refractivity contribution in [3.05, 3.63) is 35.6 Å². The Morgan fingerprint density at radius 1 is 1.06 bits per heavy atom. The summed E-state index contributed by atoms with van der Waals surface area (Å²) in [6.07, 6.45) is 5.85. The highest BCUT2D eigenvalue weighted by molar-refractivity contribution is 5.84. The van der Waals surface area contributed by atoms with Gasteiger partial charge in [0.2, 0.25) is 11.8 Å². The fourth-order valence-corrected chi connectivity index (χ4v) is 5.52. The lowest BCUT2D eigenvalue weighted by Crippen LogP contribution is -2.49. The molecule has 180 valence electrons. The first-order chi connectivity index (χ1) is 16.6. The summed E-state index contributed by atoms with van der Waals surface area (Å²) in [5.41, 5.74) is 1.33. The van der Waals surface area contributed by atoms with Crippen LogP contribution in [0.2, 0.25) is 0 Å². The van der Waals surface area contributed by atoms with Gasteiger partial charge in [-0.3, -0.25) is 4.79 Å². The first-order valence-electron chi connectivity index (χ1n) is 12.3. The van der Waals surface area contributed by atoms with Crippen LogP contribution in [0.5, 0.6) is 0 Å². The van der Waals surface area contributed by atoms with Gasteiger partial charge < -0.3 is 19.4 Å². The number of benzene rings is 1. The maximum atomic E-state index is 14.7. The number of fused-ring (bicyclic) bond motifs is 1. The van der Waals surface area contributed by atoms with Crippen molar-refractivity contribution in [3.8, 4) is 5.95 Å². The van der Waals surface area contributed by atoms with Crippen molar-refractivity contribution < 1.29 is 18.8 Å². The fraction of sp³-hybridized carbons (Fsp3) is 0.583. The highest BCUT2D eigenvalue weighted by Crippen LogP contribution is 2.43. The Morgan fingerprint density at radius 3 is 2.53 bits per heavy atom. The SMILES string of the molecule is O=C(CO)N1CCC(N2CCC(c3nc(-n4nc(C5CC5)c5cccc(F)c54)no3)CC2)CC1. The van der Waals surface area contributed by atoms with E-state index in [0.717, 1.165) is 62.7 Å². The largest absolute Gasteiger partial charge is 0.387 e. The van der Waals surface area contributed by atoms with Crippen LogP contribution < -0.4 is 0 Å². The predicted molar refractivity (Wildman–Crippen MR) is 121 cm³/mol. The number of nitrogens with zero attached hydrogens (tertiary/aromatic N) is 6. The van der Waals surface area contributed by atoms with E-state index in [-0.39, 0.29) is 17.6 Å². The van der Waals surface area contributed by atoms with E-state index in [1.807, 2.05) is 6.07 Å². The van der Waals surface area contributed by atoms with Crippen molar-refractivity contribution in [3.63, 3.8) is 0 Å². The van der Waals surface area contributed by atoms with Gasteiger partial charge in [0.1, 0.15) is 17.9 Å². The number of carbonyl (C=O) groups excluding carboxylic acids is 1. The first kappa shape index (κ1) is 21.7. The molecule has 1 aliphatic carbocycles. The molecule has 2 aromatic heterocycles. The minimum atomic E-state index is -0.412. The number of halogens is 1. The van der Waals surface area contributed by atoms with Crippen LogP contribution in [0.3, 0.4) is 0 Å². The molecule has 0 unspecified atom stereocenters. The minimum absolute atomic E-state index is 0.170. The molecule has 1 amide bonds. The van der Waals surface area contributed by atoms with Gasteiger partial charge in [-0.15, -0.1) is 0 Å². The number of amides is 1. The number of carbonyl (C=O) groups is 1. The molecule has 3 fully saturated rings. The van der Waals surface area contributed by atoms with Gasteiger partial charge in [-0.2, -0.15) is 14.8 Å². The van der Waals surface area contributed by atoms with E-state index in [4.69, 9.17) is 9.63 Å². The summed E-state index contributed by atoms with van der Waals surface area (Å²) >= 11 is 0. The zero-order chi connectivity index (χ0) is 23.2. The molecule has 2 aliphatic heterocycles. The second-order valence-corrected chi connectivity index (χ2v) is 9.72. The smallest absolute Gasteiger partial charge is 0.291 e. The normalized spacial score (nSPS) is 20.9. The van der Waals surface area contributed by atoms with E-state index in [1.165, 1.54) is 10.7 Å². The summed E-state index contributed by atoms with van der Waals surface area (Å²) in [7, 11) is 0. The van der Waals surface area contributed by atoms with Crippen molar-refractivity contribution in [1.29, 1.82) is 0 Å². The van der Waals surface area contributed by atoms with Crippen LogP contribution in [0.15, 0.2) is 22.7 Å². The van der Waals surface area contributed by atoms with Crippen LogP contribution in [0, 0.1) is 5.82 Å². The molecule has 3 aliphatic rings. The van der Waals surface area contributed by atoms with Gasteiger partial charge in [0.15, 0.2) is 0 Å². The molecule has 6 rings (SSSR count). The molecule has 9 nitrogen and oxygen atoms in total. The third-order valence-electron chi connectivity index (χ3n) is 7.61. The summed E-state index contributed by atoms with van der Waals surface area (Å²) in [4.78, 5) is 20.6. The van der Waals surface area contributed by atoms with Crippen molar-refractivity contribution in [2.24, 2.45) is 0 Å². The van der Waals surface area contributed by atoms with E-state index in [2.05, 4.69) is 20.1 Å². The van der Waals surface area contributed by atoms with E-state index >= 15 is 0 Å². The monoisotopic (exact) mass is 468 g/mol. The van der Waals surface area contributed by atoms with Crippen LogP contribution in [-0.2, 0) is 4.79 Å². The van der Waals surface area contributed by atoms with Crippen LogP contribution in [0.1, 0.15) is 61.9 Å². The number of hydrogen-bond donors (Lipinski definition) is 1. The quantitative estimate of drug-likeness (QED) is 0.614. The van der Waals surface area contributed by atoms with Crippen LogP contribution >= 0.6 is 0 Å². The van der Waals surface area contributed by atoms with Crippen molar-refractivity contribution in [2.75, 3.05) is 32.8 Å². The average molecular weight is 469 g/mol. The zero-order valence-corrected chi connectivity index (χ0v) is 19.1. The number of para-hydroxylation sites is 1. The molecule has 1 saturated carbocycles. The van der Waals surface area contributed by atoms with Crippen LogP contribution in [-0.4, -0.2) is 79.6 Å². The standard InChI is InChI=1S/C24H29FN6O3/c25-19-3-1-2-18-21(15-4-5-15)27-31(22(18)19)24-26-23(34-28-24)16-6-10-29(11-7-16)17-8-12-30(13-9-17)20(33)14-32/h1-3,15-17,32H,4-14H2. The zero-order valence-electron chi connectivity index (χ0n) is 19.1. The number of hydrogen-bond acceptors (Lipinski definition) is 7. The molecule has 0 bridgehead atoms. The maximum absolute atomic E-state index is 14.7. The molecule has 2 saturated heterocycles. The van der Waals surface area contributed by atoms with E-state index in [1.54, 1.807) is 11.0 Å². The van der Waals surface area contributed by atoms with Crippen molar-refractivity contribution in [2.45, 2.75) is 56.4 Å². The van der Waals surface area contributed by atoms with Crippen molar-refractivity contribution in [1.82, 2.24) is 29.7 Å². The van der Waals surface area contributed by atoms with Gasteiger partial charge in [-0.25, -0.2) is 4.39 Å². The predicted octanol–water partition coefficient (Wildman–Crippen LogP) is 2.59. The fourth-order valence-electron chi connectivity index (χ4n) is 5.52. The molecule has 3 aromatic rings. The Kier molecular flexibility index (Phi) is 5.57. The summed E-state index contributed by atoms with van der Waals surface area (Å²) in [5, 5.41) is 18.7. The Labute approximate surface area is 196 Å². The number of piperidine rings is 2.